The Bertz CT molecular complexity index is 971. The van der Waals surface area contributed by atoms with E-state index in [1.807, 2.05) is 43.3 Å². The molecule has 0 saturated carbocycles. The number of hydrogen-bond donors (Lipinski definition) is 3. The summed E-state index contributed by atoms with van der Waals surface area (Å²) in [4.78, 5) is 18.2. The zero-order valence-corrected chi connectivity index (χ0v) is 16.7. The predicted molar refractivity (Wildman–Crippen MR) is 114 cm³/mol. The summed E-state index contributed by atoms with van der Waals surface area (Å²) in [5.74, 6) is -0.102. The van der Waals surface area contributed by atoms with Crippen LogP contribution in [0, 0.1) is 5.82 Å². The minimum absolute atomic E-state index is 0.121. The van der Waals surface area contributed by atoms with E-state index in [4.69, 9.17) is 0 Å². The van der Waals surface area contributed by atoms with Crippen LogP contribution in [-0.4, -0.2) is 47.2 Å². The summed E-state index contributed by atoms with van der Waals surface area (Å²) in [7, 11) is 3.97. The number of rotatable bonds is 8. The van der Waals surface area contributed by atoms with Crippen molar-refractivity contribution in [1.29, 1.82) is 0 Å². The van der Waals surface area contributed by atoms with E-state index in [0.717, 1.165) is 11.3 Å². The summed E-state index contributed by atoms with van der Waals surface area (Å²) in [5.41, 5.74) is 5.34. The number of aromatic amines is 1. The van der Waals surface area contributed by atoms with Gasteiger partial charge in [0.15, 0.2) is 0 Å². The smallest absolute Gasteiger partial charge is 0.240 e. The Morgan fingerprint density at radius 1 is 1.21 bits per heavy atom. The maximum absolute atomic E-state index is 12.9. The molecule has 0 aliphatic carbocycles. The first-order valence-corrected chi connectivity index (χ1v) is 9.65. The van der Waals surface area contributed by atoms with Gasteiger partial charge in [-0.3, -0.25) is 4.79 Å². The number of carbonyl (C=O) groups is 1. The molecule has 1 amide bonds. The van der Waals surface area contributed by atoms with Crippen LogP contribution in [0.25, 0.3) is 0 Å². The van der Waals surface area contributed by atoms with Crippen molar-refractivity contribution in [2.24, 2.45) is 5.10 Å². The summed E-state index contributed by atoms with van der Waals surface area (Å²) < 4.78 is 12.9. The molecule has 0 aliphatic heterocycles. The van der Waals surface area contributed by atoms with E-state index in [-0.39, 0.29) is 17.5 Å². The number of amides is 1. The molecule has 0 saturated heterocycles. The van der Waals surface area contributed by atoms with Crippen LogP contribution in [0.3, 0.4) is 0 Å². The number of hydrogen-bond acceptors (Lipinski definition) is 7. The molecule has 150 valence electrons. The Kier molecular flexibility index (Phi) is 6.80. The first kappa shape index (κ1) is 20.3. The molecule has 1 aromatic heterocycles. The SMILES string of the molecule is CN(C)c1ccc(/C=N\Nc2nc(SCC(=O)Nc3ccc(F)cc3)n[nH]2)cc1. The number of carbonyl (C=O) groups excluding carboxylic acids is 1. The van der Waals surface area contributed by atoms with Crippen LogP contribution < -0.4 is 15.6 Å². The third-order valence-corrected chi connectivity index (χ3v) is 4.57. The molecule has 0 bridgehead atoms. The third-order valence-electron chi connectivity index (χ3n) is 3.72. The van der Waals surface area contributed by atoms with Gasteiger partial charge < -0.3 is 10.2 Å². The molecular formula is C19H20FN7OS. The molecule has 3 rings (SSSR count). The molecule has 3 N–H and O–H groups in total. The average Bonchev–Trinajstić information content (AvgIpc) is 3.16. The molecule has 2 aromatic carbocycles. The highest BCUT2D eigenvalue weighted by atomic mass is 32.2. The van der Waals surface area contributed by atoms with E-state index in [2.05, 4.69) is 31.0 Å². The molecule has 1 heterocycles. The molecule has 0 unspecified atom stereocenters. The lowest BCUT2D eigenvalue weighted by Crippen LogP contribution is -2.14. The zero-order chi connectivity index (χ0) is 20.6. The van der Waals surface area contributed by atoms with Gasteiger partial charge in [-0.15, -0.1) is 5.10 Å². The van der Waals surface area contributed by atoms with Crippen molar-refractivity contribution in [2.45, 2.75) is 5.16 Å². The number of nitrogens with zero attached hydrogens (tertiary/aromatic N) is 4. The van der Waals surface area contributed by atoms with E-state index in [1.165, 1.54) is 36.0 Å². The highest BCUT2D eigenvalue weighted by molar-refractivity contribution is 7.99. The van der Waals surface area contributed by atoms with Crippen LogP contribution in [0.1, 0.15) is 5.56 Å². The van der Waals surface area contributed by atoms with E-state index in [0.29, 0.717) is 16.8 Å². The highest BCUT2D eigenvalue weighted by Crippen LogP contribution is 2.15. The lowest BCUT2D eigenvalue weighted by molar-refractivity contribution is -0.113. The third kappa shape index (κ3) is 6.32. The summed E-state index contributed by atoms with van der Waals surface area (Å²) in [6.45, 7) is 0. The summed E-state index contributed by atoms with van der Waals surface area (Å²) in [6.07, 6.45) is 1.67. The van der Waals surface area contributed by atoms with Gasteiger partial charge in [0.05, 0.1) is 12.0 Å². The van der Waals surface area contributed by atoms with Crippen LogP contribution in [0.5, 0.6) is 0 Å². The lowest BCUT2D eigenvalue weighted by atomic mass is 10.2. The molecule has 3 aromatic rings. The summed E-state index contributed by atoms with van der Waals surface area (Å²) >= 11 is 1.17. The van der Waals surface area contributed by atoms with Crippen molar-refractivity contribution in [2.75, 3.05) is 35.5 Å². The Morgan fingerprint density at radius 3 is 2.62 bits per heavy atom. The molecule has 10 heteroatoms. The molecule has 0 spiro atoms. The Balaban J connectivity index is 1.45. The van der Waals surface area contributed by atoms with Crippen LogP contribution >= 0.6 is 11.8 Å². The first-order chi connectivity index (χ1) is 14.0. The molecular weight excluding hydrogens is 393 g/mol. The van der Waals surface area contributed by atoms with Gasteiger partial charge >= 0.3 is 0 Å². The Morgan fingerprint density at radius 2 is 1.93 bits per heavy atom. The Labute approximate surface area is 171 Å². The van der Waals surface area contributed by atoms with E-state index in [1.54, 1.807) is 6.21 Å². The molecule has 0 radical (unpaired) electrons. The van der Waals surface area contributed by atoms with Crippen LogP contribution in [0.2, 0.25) is 0 Å². The second kappa shape index (κ2) is 9.69. The van der Waals surface area contributed by atoms with Gasteiger partial charge in [0.25, 0.3) is 0 Å². The standard InChI is InChI=1S/C19H20FN7OS/c1-27(2)16-9-3-13(4-10-16)11-21-24-18-23-19(26-25-18)29-12-17(28)22-15-7-5-14(20)6-8-15/h3-11H,12H2,1-2H3,(H,22,28)(H2,23,24,25,26)/b21-11-. The van der Waals surface area contributed by atoms with Gasteiger partial charge in [-0.2, -0.15) is 10.1 Å². The van der Waals surface area contributed by atoms with Crippen molar-refractivity contribution in [3.8, 4) is 0 Å². The van der Waals surface area contributed by atoms with Gasteiger partial charge in [0.2, 0.25) is 17.0 Å². The van der Waals surface area contributed by atoms with Crippen molar-refractivity contribution < 1.29 is 9.18 Å². The van der Waals surface area contributed by atoms with Crippen LogP contribution in [0.4, 0.5) is 21.7 Å². The number of H-pyrrole nitrogens is 1. The Hall–Kier alpha value is -3.40. The monoisotopic (exact) mass is 413 g/mol. The topological polar surface area (TPSA) is 98.3 Å². The maximum atomic E-state index is 12.9. The second-order valence-corrected chi connectivity index (χ2v) is 7.11. The lowest BCUT2D eigenvalue weighted by Gasteiger charge is -2.11. The number of benzene rings is 2. The fourth-order valence-electron chi connectivity index (χ4n) is 2.25. The number of hydrazone groups is 1. The minimum atomic E-state index is -0.355. The number of halogens is 1. The van der Waals surface area contributed by atoms with Crippen LogP contribution in [0.15, 0.2) is 58.8 Å². The highest BCUT2D eigenvalue weighted by Gasteiger charge is 2.08. The second-order valence-electron chi connectivity index (χ2n) is 6.17. The normalized spacial score (nSPS) is 10.9. The van der Waals surface area contributed by atoms with Gasteiger partial charge in [-0.05, 0) is 42.0 Å². The maximum Gasteiger partial charge on any atom is 0.240 e. The van der Waals surface area contributed by atoms with Gasteiger partial charge in [-0.1, -0.05) is 23.9 Å². The zero-order valence-electron chi connectivity index (χ0n) is 15.9. The average molecular weight is 413 g/mol. The fourth-order valence-corrected chi connectivity index (χ4v) is 2.85. The van der Waals surface area contributed by atoms with Crippen molar-refractivity contribution in [1.82, 2.24) is 15.2 Å². The predicted octanol–water partition coefficient (Wildman–Crippen LogP) is 3.19. The summed E-state index contributed by atoms with van der Waals surface area (Å²) in [5, 5.41) is 13.9. The number of aromatic nitrogens is 3. The quantitative estimate of drug-likeness (QED) is 0.298. The number of nitrogens with one attached hydrogen (secondary N) is 3. The summed E-state index contributed by atoms with van der Waals surface area (Å²) in [6, 6.07) is 13.5. The minimum Gasteiger partial charge on any atom is -0.378 e. The molecule has 8 nitrogen and oxygen atoms in total. The fraction of sp³-hybridized carbons (Fsp3) is 0.158. The molecule has 29 heavy (non-hydrogen) atoms. The molecule has 0 fully saturated rings. The van der Waals surface area contributed by atoms with E-state index >= 15 is 0 Å². The van der Waals surface area contributed by atoms with Crippen LogP contribution in [-0.2, 0) is 4.79 Å². The van der Waals surface area contributed by atoms with E-state index < -0.39 is 0 Å². The molecule has 0 aliphatic rings. The van der Waals surface area contributed by atoms with Crippen molar-refractivity contribution in [3.05, 3.63) is 59.9 Å². The van der Waals surface area contributed by atoms with Gasteiger partial charge in [-0.25, -0.2) is 14.9 Å². The van der Waals surface area contributed by atoms with Gasteiger partial charge in [0, 0.05) is 25.5 Å². The van der Waals surface area contributed by atoms with Crippen molar-refractivity contribution >= 4 is 41.2 Å². The van der Waals surface area contributed by atoms with Gasteiger partial charge in [0.1, 0.15) is 5.82 Å². The first-order valence-electron chi connectivity index (χ1n) is 8.67. The van der Waals surface area contributed by atoms with E-state index in [9.17, 15) is 9.18 Å². The van der Waals surface area contributed by atoms with Crippen molar-refractivity contribution in [3.63, 3.8) is 0 Å². The number of anilines is 3. The number of thioether (sulfide) groups is 1. The molecule has 0 atom stereocenters. The largest absolute Gasteiger partial charge is 0.378 e.